The second-order valence-electron chi connectivity index (χ2n) is 5.25. The molecule has 1 fully saturated rings. The number of hydrogen-bond donors (Lipinski definition) is 1. The maximum Gasteiger partial charge on any atom is 0.111 e. The van der Waals surface area contributed by atoms with Crippen molar-refractivity contribution in [2.24, 2.45) is 0 Å². The van der Waals surface area contributed by atoms with E-state index in [-0.39, 0.29) is 6.17 Å². The zero-order valence-electron chi connectivity index (χ0n) is 12.0. The van der Waals surface area contributed by atoms with Crippen LogP contribution in [0.25, 0.3) is 10.8 Å². The molecule has 2 aromatic rings. The lowest BCUT2D eigenvalue weighted by molar-refractivity contribution is -0.173. The van der Waals surface area contributed by atoms with Crippen LogP contribution in [0.5, 0.6) is 0 Å². The fraction of sp³-hybridized carbons (Fsp3) is 0.412. The topological polar surface area (TPSA) is 24.5 Å². The third-order valence-corrected chi connectivity index (χ3v) is 3.83. The molecule has 0 amide bonds. The number of hydrogen-bond acceptors (Lipinski definition) is 3. The summed E-state index contributed by atoms with van der Waals surface area (Å²) >= 11 is 0. The van der Waals surface area contributed by atoms with Gasteiger partial charge >= 0.3 is 0 Å². The predicted molar refractivity (Wildman–Crippen MR) is 82.3 cm³/mol. The van der Waals surface area contributed by atoms with Crippen molar-refractivity contribution in [3.8, 4) is 0 Å². The van der Waals surface area contributed by atoms with Gasteiger partial charge in [0.05, 0.1) is 6.61 Å². The first kappa shape index (κ1) is 13.6. The van der Waals surface area contributed by atoms with Crippen LogP contribution in [0.4, 0.5) is 0 Å². The van der Waals surface area contributed by atoms with Gasteiger partial charge < -0.3 is 0 Å². The third-order valence-electron chi connectivity index (χ3n) is 3.83. The first-order valence-electron chi connectivity index (χ1n) is 7.51. The maximum absolute atomic E-state index is 5.93. The molecule has 0 aromatic heterocycles. The summed E-state index contributed by atoms with van der Waals surface area (Å²) in [5.41, 5.74) is 1.30. The highest BCUT2D eigenvalue weighted by Crippen LogP contribution is 2.28. The zero-order chi connectivity index (χ0) is 13.8. The van der Waals surface area contributed by atoms with E-state index in [4.69, 9.17) is 4.84 Å². The second-order valence-corrected chi connectivity index (χ2v) is 5.25. The summed E-state index contributed by atoms with van der Waals surface area (Å²) in [7, 11) is 0. The van der Waals surface area contributed by atoms with E-state index in [0.29, 0.717) is 0 Å². The molecule has 1 atom stereocenters. The minimum atomic E-state index is 0.165. The molecule has 3 rings (SSSR count). The second kappa shape index (κ2) is 6.35. The van der Waals surface area contributed by atoms with Crippen LogP contribution in [0.2, 0.25) is 0 Å². The van der Waals surface area contributed by atoms with Crippen LogP contribution < -0.4 is 5.32 Å². The summed E-state index contributed by atoms with van der Waals surface area (Å²) in [5.74, 6) is 0. The van der Waals surface area contributed by atoms with Crippen LogP contribution in [0.15, 0.2) is 42.5 Å². The van der Waals surface area contributed by atoms with Gasteiger partial charge in [0.2, 0.25) is 0 Å². The molecule has 3 nitrogen and oxygen atoms in total. The molecule has 20 heavy (non-hydrogen) atoms. The lowest BCUT2D eigenvalue weighted by Crippen LogP contribution is -2.28. The maximum atomic E-state index is 5.93. The normalized spacial score (nSPS) is 19.8. The van der Waals surface area contributed by atoms with Gasteiger partial charge in [0, 0.05) is 13.1 Å². The molecule has 1 N–H and O–H groups in total. The van der Waals surface area contributed by atoms with Crippen LogP contribution >= 0.6 is 0 Å². The Morgan fingerprint density at radius 1 is 1.20 bits per heavy atom. The quantitative estimate of drug-likeness (QED) is 0.842. The van der Waals surface area contributed by atoms with Crippen LogP contribution in [-0.4, -0.2) is 24.8 Å². The molecule has 0 saturated carbocycles. The smallest absolute Gasteiger partial charge is 0.111 e. The van der Waals surface area contributed by atoms with Gasteiger partial charge in [0.25, 0.3) is 0 Å². The number of benzene rings is 2. The van der Waals surface area contributed by atoms with Crippen molar-refractivity contribution in [3.63, 3.8) is 0 Å². The first-order valence-corrected chi connectivity index (χ1v) is 7.51. The van der Waals surface area contributed by atoms with Crippen molar-refractivity contribution in [2.45, 2.75) is 25.9 Å². The van der Waals surface area contributed by atoms with Gasteiger partial charge in [0.1, 0.15) is 6.17 Å². The molecule has 0 radical (unpaired) electrons. The molecule has 0 spiro atoms. The van der Waals surface area contributed by atoms with Gasteiger partial charge in [-0.15, -0.1) is 0 Å². The van der Waals surface area contributed by atoms with Crippen molar-refractivity contribution in [1.29, 1.82) is 0 Å². The summed E-state index contributed by atoms with van der Waals surface area (Å²) in [6, 6.07) is 15.0. The molecule has 2 aromatic carbocycles. The Bertz CT molecular complexity index is 564. The van der Waals surface area contributed by atoms with Gasteiger partial charge in [-0.1, -0.05) is 55.8 Å². The monoisotopic (exact) mass is 270 g/mol. The van der Waals surface area contributed by atoms with Gasteiger partial charge in [-0.3, -0.25) is 10.2 Å². The predicted octanol–water partition coefficient (Wildman–Crippen LogP) is 3.48. The van der Waals surface area contributed by atoms with Gasteiger partial charge in [-0.05, 0) is 22.8 Å². The summed E-state index contributed by atoms with van der Waals surface area (Å²) in [4.78, 5) is 5.93. The Labute approximate surface area is 120 Å². The van der Waals surface area contributed by atoms with Crippen LogP contribution in [0, 0.1) is 0 Å². The van der Waals surface area contributed by atoms with Gasteiger partial charge in [-0.2, -0.15) is 5.06 Å². The summed E-state index contributed by atoms with van der Waals surface area (Å²) in [5, 5.41) is 8.23. The number of hydroxylamine groups is 2. The van der Waals surface area contributed by atoms with Crippen molar-refractivity contribution >= 4 is 10.8 Å². The first-order chi connectivity index (χ1) is 9.90. The van der Waals surface area contributed by atoms with Crippen molar-refractivity contribution in [3.05, 3.63) is 48.0 Å². The molecule has 106 valence electrons. The standard InChI is InChI=1S/C17H22N2O/c1-2-3-13-20-19-12-11-18-17(19)16-10-6-8-14-7-4-5-9-15(14)16/h4-10,17-18H,2-3,11-13H2,1H3. The number of fused-ring (bicyclic) bond motifs is 1. The van der Waals surface area contributed by atoms with Crippen molar-refractivity contribution in [2.75, 3.05) is 19.7 Å². The Balaban J connectivity index is 1.86. The molecule has 0 aliphatic carbocycles. The van der Waals surface area contributed by atoms with Crippen molar-refractivity contribution in [1.82, 2.24) is 10.4 Å². The zero-order valence-corrected chi connectivity index (χ0v) is 12.0. The molecule has 1 heterocycles. The van der Waals surface area contributed by atoms with Crippen LogP contribution in [0.3, 0.4) is 0 Å². The van der Waals surface area contributed by atoms with E-state index in [1.165, 1.54) is 22.8 Å². The Kier molecular flexibility index (Phi) is 4.31. The number of unbranched alkanes of at least 4 members (excludes halogenated alkanes) is 1. The van der Waals surface area contributed by atoms with Crippen LogP contribution in [0.1, 0.15) is 31.5 Å². The van der Waals surface area contributed by atoms with E-state index >= 15 is 0 Å². The molecule has 3 heteroatoms. The Hall–Kier alpha value is -1.42. The molecule has 1 aliphatic heterocycles. The largest absolute Gasteiger partial charge is 0.297 e. The third kappa shape index (κ3) is 2.70. The number of nitrogens with zero attached hydrogens (tertiary/aromatic N) is 1. The summed E-state index contributed by atoms with van der Waals surface area (Å²) < 4.78 is 0. The minimum absolute atomic E-state index is 0.165. The molecular weight excluding hydrogens is 248 g/mol. The lowest BCUT2D eigenvalue weighted by atomic mass is 10.0. The highest BCUT2D eigenvalue weighted by atomic mass is 16.7. The van der Waals surface area contributed by atoms with E-state index in [0.717, 1.165) is 26.1 Å². The average Bonchev–Trinajstić information content (AvgIpc) is 2.95. The van der Waals surface area contributed by atoms with Gasteiger partial charge in [0.15, 0.2) is 0 Å². The van der Waals surface area contributed by atoms with E-state index in [1.807, 2.05) is 0 Å². The molecule has 1 aliphatic rings. The Morgan fingerprint density at radius 3 is 2.95 bits per heavy atom. The van der Waals surface area contributed by atoms with E-state index in [2.05, 4.69) is 59.8 Å². The molecule has 1 unspecified atom stereocenters. The van der Waals surface area contributed by atoms with E-state index in [1.54, 1.807) is 0 Å². The summed E-state index contributed by atoms with van der Waals surface area (Å²) in [6.07, 6.45) is 2.44. The number of nitrogens with one attached hydrogen (secondary N) is 1. The van der Waals surface area contributed by atoms with Crippen molar-refractivity contribution < 1.29 is 4.84 Å². The highest BCUT2D eigenvalue weighted by Gasteiger charge is 2.27. The average molecular weight is 270 g/mol. The highest BCUT2D eigenvalue weighted by molar-refractivity contribution is 5.86. The molecular formula is C17H22N2O. The van der Waals surface area contributed by atoms with Crippen LogP contribution in [-0.2, 0) is 4.84 Å². The van der Waals surface area contributed by atoms with Gasteiger partial charge in [-0.25, -0.2) is 0 Å². The fourth-order valence-electron chi connectivity index (χ4n) is 2.76. The summed E-state index contributed by atoms with van der Waals surface area (Å²) in [6.45, 7) is 4.91. The lowest BCUT2D eigenvalue weighted by Gasteiger charge is -2.24. The Morgan fingerprint density at radius 2 is 2.05 bits per heavy atom. The fourth-order valence-corrected chi connectivity index (χ4v) is 2.76. The SMILES string of the molecule is CCCCON1CCNC1c1cccc2ccccc12. The molecule has 1 saturated heterocycles. The van der Waals surface area contributed by atoms with E-state index < -0.39 is 0 Å². The molecule has 0 bridgehead atoms. The number of rotatable bonds is 5. The minimum Gasteiger partial charge on any atom is -0.297 e. The van der Waals surface area contributed by atoms with E-state index in [9.17, 15) is 0 Å².